The van der Waals surface area contributed by atoms with Crippen molar-refractivity contribution < 1.29 is 17.4 Å². The lowest BCUT2D eigenvalue weighted by molar-refractivity contribution is -0.131. The summed E-state index contributed by atoms with van der Waals surface area (Å²) >= 11 is 0. The Kier molecular flexibility index (Phi) is 3.99. The second-order valence-corrected chi connectivity index (χ2v) is 10.3. The molecule has 4 rings (SSSR count). The second kappa shape index (κ2) is 5.64. The average molecular weight is 368 g/mol. The Morgan fingerprint density at radius 1 is 1.12 bits per heavy atom. The summed E-state index contributed by atoms with van der Waals surface area (Å²) < 4.78 is 27.6. The summed E-state index contributed by atoms with van der Waals surface area (Å²) in [6, 6.07) is 0. The van der Waals surface area contributed by atoms with Crippen LogP contribution in [-0.4, -0.2) is 20.3 Å². The number of Topliss-reactive ketones (excluding diaryl/α,β-unsaturated/α-hetero) is 1. The zero-order valence-corrected chi connectivity index (χ0v) is 16.0. The predicted molar refractivity (Wildman–Crippen MR) is 94.7 cm³/mol. The largest absolute Gasteiger partial charge is 0.333 e. The van der Waals surface area contributed by atoms with Gasteiger partial charge in [0, 0.05) is 11.8 Å². The molecule has 0 aromatic heterocycles. The molecule has 0 aliphatic heterocycles. The van der Waals surface area contributed by atoms with Gasteiger partial charge >= 0.3 is 10.3 Å². The molecule has 4 aliphatic rings. The monoisotopic (exact) mass is 367 g/mol. The first-order valence-electron chi connectivity index (χ1n) is 9.57. The molecule has 0 aromatic rings. The summed E-state index contributed by atoms with van der Waals surface area (Å²) in [7, 11) is -3.90. The van der Waals surface area contributed by atoms with Crippen LogP contribution in [0.4, 0.5) is 0 Å². The third-order valence-corrected chi connectivity index (χ3v) is 8.58. The molecule has 2 N–H and O–H groups in total. The molecule has 0 heterocycles. The third kappa shape index (κ3) is 2.72. The summed E-state index contributed by atoms with van der Waals surface area (Å²) in [6.45, 7) is 4.55. The zero-order valence-electron chi connectivity index (χ0n) is 15.2. The highest BCUT2D eigenvalue weighted by atomic mass is 32.2. The molecule has 4 aliphatic carbocycles. The summed E-state index contributed by atoms with van der Waals surface area (Å²) in [6.07, 6.45) is 9.28. The lowest BCUT2D eigenvalue weighted by Crippen LogP contribution is -2.50. The van der Waals surface area contributed by atoms with Gasteiger partial charge in [0.05, 0.1) is 6.10 Å². The van der Waals surface area contributed by atoms with Crippen molar-refractivity contribution in [3.8, 4) is 0 Å². The Balaban J connectivity index is 1.59. The number of nitrogens with two attached hydrogens (primary N) is 1. The maximum atomic E-state index is 12.4. The molecule has 3 saturated carbocycles. The summed E-state index contributed by atoms with van der Waals surface area (Å²) in [5, 5.41) is 5.06. The number of ketones is 1. The minimum Gasteiger partial charge on any atom is -0.299 e. The Labute approximate surface area is 150 Å². The number of hydrogen-bond donors (Lipinski definition) is 1. The lowest BCUT2D eigenvalue weighted by Gasteiger charge is -2.56. The van der Waals surface area contributed by atoms with E-state index in [2.05, 4.69) is 19.9 Å². The summed E-state index contributed by atoms with van der Waals surface area (Å²) in [5.74, 6) is 2.19. The Morgan fingerprint density at radius 3 is 2.52 bits per heavy atom. The normalized spacial score (nSPS) is 46.8. The fourth-order valence-electron chi connectivity index (χ4n) is 6.67. The van der Waals surface area contributed by atoms with E-state index >= 15 is 0 Å². The third-order valence-electron chi connectivity index (χ3n) is 8.04. The molecule has 5 nitrogen and oxygen atoms in total. The average Bonchev–Trinajstić information content (AvgIpc) is 2.82. The van der Waals surface area contributed by atoms with Gasteiger partial charge in [-0.15, -0.1) is 0 Å². The van der Waals surface area contributed by atoms with Gasteiger partial charge in [0.25, 0.3) is 0 Å². The Hall–Kier alpha value is -0.720. The first-order valence-corrected chi connectivity index (χ1v) is 11.0. The van der Waals surface area contributed by atoms with Gasteiger partial charge in [-0.25, -0.2) is 5.14 Å². The quantitative estimate of drug-likeness (QED) is 0.760. The van der Waals surface area contributed by atoms with Crippen molar-refractivity contribution in [1.29, 1.82) is 0 Å². The Bertz CT molecular complexity index is 730. The molecule has 0 bridgehead atoms. The van der Waals surface area contributed by atoms with Crippen molar-refractivity contribution in [1.82, 2.24) is 0 Å². The van der Waals surface area contributed by atoms with E-state index in [9.17, 15) is 13.2 Å². The van der Waals surface area contributed by atoms with Crippen LogP contribution in [0.15, 0.2) is 11.6 Å². The molecule has 6 atom stereocenters. The van der Waals surface area contributed by atoms with Gasteiger partial charge in [0.2, 0.25) is 0 Å². The SMILES string of the molecule is C[C@]12CCC(OS(N)(=O)=O)CC1=CCC1C2CC[C@]2(C)C(=O)CCC12. The van der Waals surface area contributed by atoms with Crippen molar-refractivity contribution in [2.24, 2.45) is 33.7 Å². The van der Waals surface area contributed by atoms with E-state index in [-0.39, 0.29) is 16.9 Å². The van der Waals surface area contributed by atoms with Crippen LogP contribution >= 0.6 is 0 Å². The minimum atomic E-state index is -3.90. The van der Waals surface area contributed by atoms with Crippen LogP contribution in [0, 0.1) is 28.6 Å². The summed E-state index contributed by atoms with van der Waals surface area (Å²) in [4.78, 5) is 12.4. The molecule has 0 aromatic carbocycles. The predicted octanol–water partition coefficient (Wildman–Crippen LogP) is 3.11. The van der Waals surface area contributed by atoms with Crippen LogP contribution in [0.25, 0.3) is 0 Å². The maximum Gasteiger partial charge on any atom is 0.333 e. The maximum absolute atomic E-state index is 12.4. The first kappa shape index (κ1) is 17.7. The number of fused-ring (bicyclic) bond motifs is 5. The zero-order chi connectivity index (χ0) is 18.0. The van der Waals surface area contributed by atoms with Crippen LogP contribution < -0.4 is 5.14 Å². The van der Waals surface area contributed by atoms with Gasteiger partial charge in [-0.2, -0.15) is 8.42 Å². The number of carbonyl (C=O) groups is 1. The molecule has 4 unspecified atom stereocenters. The van der Waals surface area contributed by atoms with Crippen LogP contribution in [-0.2, 0) is 19.3 Å². The van der Waals surface area contributed by atoms with E-state index < -0.39 is 10.3 Å². The van der Waals surface area contributed by atoms with E-state index in [0.29, 0.717) is 30.0 Å². The highest BCUT2D eigenvalue weighted by Gasteiger charge is 2.58. The first-order chi connectivity index (χ1) is 11.6. The van der Waals surface area contributed by atoms with E-state index in [1.807, 2.05) is 0 Å². The summed E-state index contributed by atoms with van der Waals surface area (Å²) in [5.41, 5.74) is 1.37. The molecule has 0 amide bonds. The van der Waals surface area contributed by atoms with Crippen molar-refractivity contribution >= 4 is 16.1 Å². The molecular formula is C19H29NO4S. The number of carbonyl (C=O) groups excluding carboxylic acids is 1. The lowest BCUT2D eigenvalue weighted by atomic mass is 9.48. The van der Waals surface area contributed by atoms with Crippen LogP contribution in [0.5, 0.6) is 0 Å². The van der Waals surface area contributed by atoms with E-state index in [1.165, 1.54) is 5.57 Å². The van der Waals surface area contributed by atoms with E-state index in [1.54, 1.807) is 0 Å². The second-order valence-electron chi connectivity index (χ2n) is 9.13. The van der Waals surface area contributed by atoms with Crippen LogP contribution in [0.3, 0.4) is 0 Å². The molecular weight excluding hydrogens is 338 g/mol. The van der Waals surface area contributed by atoms with Crippen molar-refractivity contribution in [3.63, 3.8) is 0 Å². The molecule has 0 spiro atoms. The Morgan fingerprint density at radius 2 is 1.80 bits per heavy atom. The number of allylic oxidation sites excluding steroid dienone is 1. The standard InChI is InChI=1S/C19H29NO4S/c1-18-9-7-13(24-25(20,22)23)11-12(18)3-4-14-15-5-6-17(21)19(15,2)10-8-16(14)18/h3,13-16H,4-11H2,1-2H3,(H2,20,22,23)/t13?,14?,15?,16?,18-,19-/m0/s1. The van der Waals surface area contributed by atoms with E-state index in [0.717, 1.165) is 44.9 Å². The number of rotatable bonds is 2. The topological polar surface area (TPSA) is 86.5 Å². The highest BCUT2D eigenvalue weighted by Crippen LogP contribution is 2.64. The molecule has 0 radical (unpaired) electrons. The van der Waals surface area contributed by atoms with Gasteiger partial charge in [-0.05, 0) is 68.1 Å². The highest BCUT2D eigenvalue weighted by molar-refractivity contribution is 7.84. The molecule has 140 valence electrons. The van der Waals surface area contributed by atoms with Crippen LogP contribution in [0.1, 0.15) is 65.2 Å². The van der Waals surface area contributed by atoms with Gasteiger partial charge < -0.3 is 0 Å². The van der Waals surface area contributed by atoms with Gasteiger partial charge in [-0.3, -0.25) is 8.98 Å². The van der Waals surface area contributed by atoms with Gasteiger partial charge in [0.1, 0.15) is 5.78 Å². The fraction of sp³-hybridized carbons (Fsp3) is 0.842. The minimum absolute atomic E-state index is 0.100. The smallest absolute Gasteiger partial charge is 0.299 e. The molecule has 6 heteroatoms. The van der Waals surface area contributed by atoms with E-state index in [4.69, 9.17) is 9.32 Å². The number of hydrogen-bond acceptors (Lipinski definition) is 4. The van der Waals surface area contributed by atoms with Crippen molar-refractivity contribution in [2.75, 3.05) is 0 Å². The molecule has 3 fully saturated rings. The van der Waals surface area contributed by atoms with Gasteiger partial charge in [0.15, 0.2) is 0 Å². The van der Waals surface area contributed by atoms with Gasteiger partial charge in [-0.1, -0.05) is 25.5 Å². The van der Waals surface area contributed by atoms with Crippen molar-refractivity contribution in [2.45, 2.75) is 71.3 Å². The fourth-order valence-corrected chi connectivity index (χ4v) is 7.21. The molecule has 25 heavy (non-hydrogen) atoms. The van der Waals surface area contributed by atoms with Crippen molar-refractivity contribution in [3.05, 3.63) is 11.6 Å². The molecule has 0 saturated heterocycles. The van der Waals surface area contributed by atoms with Crippen LogP contribution in [0.2, 0.25) is 0 Å².